The summed E-state index contributed by atoms with van der Waals surface area (Å²) in [5, 5.41) is 1.88. The number of esters is 2. The second kappa shape index (κ2) is 6.03. The third kappa shape index (κ3) is 3.51. The van der Waals surface area contributed by atoms with Crippen LogP contribution in [-0.2, 0) is 28.6 Å². The van der Waals surface area contributed by atoms with Gasteiger partial charge in [-0.05, 0) is 27.2 Å². The molecule has 0 bridgehead atoms. The van der Waals surface area contributed by atoms with Gasteiger partial charge in [0, 0.05) is 19.9 Å². The Morgan fingerprint density at radius 3 is 2.78 bits per heavy atom. The predicted octanol–water partition coefficient (Wildman–Crippen LogP) is 1.05. The lowest BCUT2D eigenvalue weighted by Crippen LogP contribution is -2.48. The fourth-order valence-electron chi connectivity index (χ4n) is 3.68. The summed E-state index contributed by atoms with van der Waals surface area (Å²) in [4.78, 5) is 29.3. The van der Waals surface area contributed by atoms with E-state index >= 15 is 0 Å². The largest absolute Gasteiger partial charge is 0.462 e. The number of hydrogen-bond donors (Lipinski definition) is 0. The highest BCUT2D eigenvalue weighted by molar-refractivity contribution is 5.75. The Kier molecular flexibility index (Phi) is 4.37. The summed E-state index contributed by atoms with van der Waals surface area (Å²) in [6.07, 6.45) is 0.680. The topological polar surface area (TPSA) is 74.3 Å². The SMILES string of the molecule is CC(=O)OC[C@H]1C[C@@H]2ON3CC[C@H](OC(C)(C)C)[C@H]3[C@@H]2C(=O)O1. The number of fused-ring (bicyclic) bond motifs is 3. The summed E-state index contributed by atoms with van der Waals surface area (Å²) in [6.45, 7) is 8.20. The Hall–Kier alpha value is -1.18. The maximum atomic E-state index is 12.5. The average molecular weight is 327 g/mol. The number of hydrogen-bond acceptors (Lipinski definition) is 7. The molecule has 0 aromatic rings. The van der Waals surface area contributed by atoms with Gasteiger partial charge in [-0.2, -0.15) is 5.06 Å². The van der Waals surface area contributed by atoms with Gasteiger partial charge >= 0.3 is 11.9 Å². The first-order valence-electron chi connectivity index (χ1n) is 8.20. The lowest BCUT2D eigenvalue weighted by molar-refractivity contribution is -0.187. The van der Waals surface area contributed by atoms with Gasteiger partial charge in [-0.25, -0.2) is 0 Å². The number of carbonyl (C=O) groups is 2. The van der Waals surface area contributed by atoms with Crippen molar-refractivity contribution in [1.29, 1.82) is 0 Å². The molecule has 3 fully saturated rings. The normalized spacial score (nSPS) is 37.2. The zero-order valence-electron chi connectivity index (χ0n) is 14.1. The van der Waals surface area contributed by atoms with Crippen molar-refractivity contribution < 1.29 is 28.6 Å². The number of nitrogens with zero attached hydrogens (tertiary/aromatic N) is 1. The Bertz CT molecular complexity index is 487. The van der Waals surface area contributed by atoms with Gasteiger partial charge in [0.15, 0.2) is 0 Å². The Labute approximate surface area is 136 Å². The van der Waals surface area contributed by atoms with Crippen LogP contribution >= 0.6 is 0 Å². The van der Waals surface area contributed by atoms with E-state index in [2.05, 4.69) is 0 Å². The van der Waals surface area contributed by atoms with Crippen LogP contribution in [0.4, 0.5) is 0 Å². The molecule has 0 saturated carbocycles. The number of rotatable bonds is 3. The summed E-state index contributed by atoms with van der Waals surface area (Å²) in [6, 6.07) is -0.0959. The van der Waals surface area contributed by atoms with Gasteiger partial charge in [-0.15, -0.1) is 0 Å². The summed E-state index contributed by atoms with van der Waals surface area (Å²) in [7, 11) is 0. The van der Waals surface area contributed by atoms with E-state index in [0.717, 1.165) is 13.0 Å². The summed E-state index contributed by atoms with van der Waals surface area (Å²) in [5.74, 6) is -0.997. The molecule has 130 valence electrons. The maximum absolute atomic E-state index is 12.5. The zero-order chi connectivity index (χ0) is 16.8. The van der Waals surface area contributed by atoms with E-state index in [1.807, 2.05) is 25.8 Å². The summed E-state index contributed by atoms with van der Waals surface area (Å²) in [5.41, 5.74) is -0.269. The van der Waals surface area contributed by atoms with Crippen LogP contribution < -0.4 is 0 Å². The molecular formula is C16H25NO6. The summed E-state index contributed by atoms with van der Waals surface area (Å²) >= 11 is 0. The first kappa shape index (κ1) is 16.7. The van der Waals surface area contributed by atoms with Crippen molar-refractivity contribution in [3.05, 3.63) is 0 Å². The molecule has 3 saturated heterocycles. The molecule has 0 aromatic heterocycles. The van der Waals surface area contributed by atoms with Crippen LogP contribution in [0, 0.1) is 5.92 Å². The van der Waals surface area contributed by atoms with Crippen molar-refractivity contribution >= 4 is 11.9 Å². The summed E-state index contributed by atoms with van der Waals surface area (Å²) < 4.78 is 16.5. The van der Waals surface area contributed by atoms with Crippen molar-refractivity contribution in [2.75, 3.05) is 13.2 Å². The lowest BCUT2D eigenvalue weighted by Gasteiger charge is -2.33. The molecule has 0 radical (unpaired) electrons. The molecule has 0 aromatic carbocycles. The molecule has 5 atom stereocenters. The molecule has 0 unspecified atom stereocenters. The van der Waals surface area contributed by atoms with E-state index in [9.17, 15) is 9.59 Å². The number of ether oxygens (including phenoxy) is 3. The molecule has 0 N–H and O–H groups in total. The van der Waals surface area contributed by atoms with Crippen LogP contribution in [0.15, 0.2) is 0 Å². The van der Waals surface area contributed by atoms with Crippen molar-refractivity contribution in [3.63, 3.8) is 0 Å². The Balaban J connectivity index is 1.67. The van der Waals surface area contributed by atoms with Crippen molar-refractivity contribution in [1.82, 2.24) is 5.06 Å². The molecule has 7 nitrogen and oxygen atoms in total. The molecule has 3 rings (SSSR count). The monoisotopic (exact) mass is 327 g/mol. The van der Waals surface area contributed by atoms with Crippen LogP contribution in [0.25, 0.3) is 0 Å². The third-order valence-corrected chi connectivity index (χ3v) is 4.41. The van der Waals surface area contributed by atoms with E-state index in [4.69, 9.17) is 19.0 Å². The zero-order valence-corrected chi connectivity index (χ0v) is 14.1. The highest BCUT2D eigenvalue weighted by Gasteiger charge is 2.58. The minimum absolute atomic E-state index is 0.0393. The van der Waals surface area contributed by atoms with Gasteiger partial charge in [0.1, 0.15) is 18.6 Å². The minimum atomic E-state index is -0.435. The quantitative estimate of drug-likeness (QED) is 0.717. The number of hydroxylamine groups is 2. The van der Waals surface area contributed by atoms with Crippen LogP contribution in [-0.4, -0.2) is 60.1 Å². The molecule has 3 aliphatic heterocycles. The lowest BCUT2D eigenvalue weighted by atomic mass is 9.87. The Morgan fingerprint density at radius 2 is 2.13 bits per heavy atom. The number of cyclic esters (lactones) is 1. The molecule has 3 heterocycles. The van der Waals surface area contributed by atoms with E-state index in [-0.39, 0.29) is 48.3 Å². The minimum Gasteiger partial charge on any atom is -0.462 e. The first-order valence-corrected chi connectivity index (χ1v) is 8.20. The third-order valence-electron chi connectivity index (χ3n) is 4.41. The average Bonchev–Trinajstić information content (AvgIpc) is 2.94. The van der Waals surface area contributed by atoms with Gasteiger partial charge in [0.05, 0.1) is 23.9 Å². The van der Waals surface area contributed by atoms with Crippen molar-refractivity contribution in [2.24, 2.45) is 5.92 Å². The molecule has 0 aliphatic carbocycles. The molecule has 3 aliphatic rings. The molecule has 23 heavy (non-hydrogen) atoms. The Morgan fingerprint density at radius 1 is 1.39 bits per heavy atom. The molecule has 7 heteroatoms. The first-order chi connectivity index (χ1) is 10.7. The molecular weight excluding hydrogens is 302 g/mol. The maximum Gasteiger partial charge on any atom is 0.313 e. The fraction of sp³-hybridized carbons (Fsp3) is 0.875. The van der Waals surface area contributed by atoms with E-state index in [1.165, 1.54) is 6.92 Å². The smallest absolute Gasteiger partial charge is 0.313 e. The predicted molar refractivity (Wildman–Crippen MR) is 79.2 cm³/mol. The standard InChI is InChI=1S/C16H25NO6/c1-9(18)20-8-10-7-12-13(15(19)21-10)14-11(22-16(2,3)4)5-6-17(14)23-12/h10-14H,5-8H2,1-4H3/t10-,11+,12+,13-,14+/m1/s1. The van der Waals surface area contributed by atoms with E-state index < -0.39 is 6.10 Å². The van der Waals surface area contributed by atoms with Crippen LogP contribution in [0.3, 0.4) is 0 Å². The fourth-order valence-corrected chi connectivity index (χ4v) is 3.68. The van der Waals surface area contributed by atoms with Gasteiger partial charge in [-0.1, -0.05) is 0 Å². The van der Waals surface area contributed by atoms with Gasteiger partial charge in [0.25, 0.3) is 0 Å². The van der Waals surface area contributed by atoms with Crippen molar-refractivity contribution in [2.45, 2.75) is 70.5 Å². The molecule has 0 amide bonds. The van der Waals surface area contributed by atoms with Crippen molar-refractivity contribution in [3.8, 4) is 0 Å². The van der Waals surface area contributed by atoms with E-state index in [0.29, 0.717) is 6.42 Å². The van der Waals surface area contributed by atoms with Gasteiger partial charge in [-0.3, -0.25) is 14.4 Å². The molecule has 0 spiro atoms. The number of carbonyl (C=O) groups excluding carboxylic acids is 2. The van der Waals surface area contributed by atoms with Crippen LogP contribution in [0.1, 0.15) is 40.5 Å². The van der Waals surface area contributed by atoms with Gasteiger partial charge in [0.2, 0.25) is 0 Å². The van der Waals surface area contributed by atoms with Gasteiger partial charge < -0.3 is 14.2 Å². The highest BCUT2D eigenvalue weighted by Crippen LogP contribution is 2.42. The van der Waals surface area contributed by atoms with Crippen LogP contribution in [0.5, 0.6) is 0 Å². The van der Waals surface area contributed by atoms with Crippen LogP contribution in [0.2, 0.25) is 0 Å². The highest BCUT2D eigenvalue weighted by atomic mass is 16.7. The van der Waals surface area contributed by atoms with E-state index in [1.54, 1.807) is 0 Å². The second-order valence-electron chi connectivity index (χ2n) is 7.46. The second-order valence-corrected chi connectivity index (χ2v) is 7.46.